The summed E-state index contributed by atoms with van der Waals surface area (Å²) < 4.78 is 48.3. The molecule has 1 unspecified atom stereocenters. The number of hydrogen-bond acceptors (Lipinski definition) is 5. The number of carbonyl (C=O) groups is 3. The molecule has 236 valence electrons. The Balaban J connectivity index is 1.52. The summed E-state index contributed by atoms with van der Waals surface area (Å²) in [6, 6.07) is 9.91. The van der Waals surface area contributed by atoms with Crippen molar-refractivity contribution in [3.05, 3.63) is 93.8 Å². The second-order valence-electron chi connectivity index (χ2n) is 11.9. The maximum Gasteiger partial charge on any atom is 0.416 e. The SMILES string of the molecule is Cc1ccc(C(=O)Nc2ccc(C3CCCN(C(=O)OC(C)(C)C)CC3)c(C(F)(F)F)c2)cc1C#Cc1cncc(C(=O)O)c1. The number of nitrogens with one attached hydrogen (secondary N) is 1. The van der Waals surface area contributed by atoms with Crippen molar-refractivity contribution in [1.82, 2.24) is 9.88 Å². The Hall–Kier alpha value is -4.85. The predicted molar refractivity (Wildman–Crippen MR) is 162 cm³/mol. The average molecular weight is 622 g/mol. The van der Waals surface area contributed by atoms with Crippen LogP contribution >= 0.6 is 0 Å². The number of nitrogens with zero attached hydrogens (tertiary/aromatic N) is 2. The van der Waals surface area contributed by atoms with Crippen molar-refractivity contribution >= 4 is 23.7 Å². The van der Waals surface area contributed by atoms with Crippen LogP contribution in [-0.4, -0.2) is 51.7 Å². The highest BCUT2D eigenvalue weighted by Gasteiger charge is 2.36. The van der Waals surface area contributed by atoms with Crippen LogP contribution in [0.5, 0.6) is 0 Å². The van der Waals surface area contributed by atoms with E-state index in [1.54, 1.807) is 39.8 Å². The fourth-order valence-corrected chi connectivity index (χ4v) is 5.02. The van der Waals surface area contributed by atoms with E-state index in [-0.39, 0.29) is 28.9 Å². The Bertz CT molecular complexity index is 1670. The number of carboxylic acid groups (broad SMARTS) is 1. The largest absolute Gasteiger partial charge is 0.478 e. The minimum atomic E-state index is -4.66. The van der Waals surface area contributed by atoms with Crippen molar-refractivity contribution in [2.24, 2.45) is 0 Å². The van der Waals surface area contributed by atoms with Gasteiger partial charge in [-0.15, -0.1) is 0 Å². The van der Waals surface area contributed by atoms with Crippen molar-refractivity contribution in [3.63, 3.8) is 0 Å². The summed E-state index contributed by atoms with van der Waals surface area (Å²) in [5.74, 6) is 3.57. The van der Waals surface area contributed by atoms with Gasteiger partial charge in [-0.1, -0.05) is 24.0 Å². The Kier molecular flexibility index (Phi) is 9.86. The van der Waals surface area contributed by atoms with E-state index in [0.717, 1.165) is 11.6 Å². The maximum absolute atomic E-state index is 14.3. The zero-order valence-corrected chi connectivity index (χ0v) is 25.4. The fraction of sp³-hybridized carbons (Fsp3) is 0.353. The molecule has 0 radical (unpaired) electrons. The van der Waals surface area contributed by atoms with Crippen LogP contribution in [-0.2, 0) is 10.9 Å². The van der Waals surface area contributed by atoms with Crippen molar-refractivity contribution in [2.45, 2.75) is 64.7 Å². The van der Waals surface area contributed by atoms with Crippen molar-refractivity contribution < 1.29 is 37.4 Å². The van der Waals surface area contributed by atoms with Crippen LogP contribution in [0.2, 0.25) is 0 Å². The van der Waals surface area contributed by atoms with Crippen LogP contribution in [0, 0.1) is 18.8 Å². The number of amides is 2. The smallest absolute Gasteiger partial charge is 0.416 e. The third kappa shape index (κ3) is 8.85. The highest BCUT2D eigenvalue weighted by Crippen LogP contribution is 2.40. The van der Waals surface area contributed by atoms with E-state index in [1.165, 1.54) is 41.6 Å². The maximum atomic E-state index is 14.3. The van der Waals surface area contributed by atoms with Crippen LogP contribution in [0.3, 0.4) is 0 Å². The van der Waals surface area contributed by atoms with Crippen molar-refractivity contribution in [2.75, 3.05) is 18.4 Å². The van der Waals surface area contributed by atoms with E-state index in [9.17, 15) is 27.6 Å². The lowest BCUT2D eigenvalue weighted by atomic mass is 9.88. The first-order valence-electron chi connectivity index (χ1n) is 14.4. The molecule has 4 rings (SSSR count). The summed E-state index contributed by atoms with van der Waals surface area (Å²) in [4.78, 5) is 42.2. The Morgan fingerprint density at radius 3 is 2.42 bits per heavy atom. The van der Waals surface area contributed by atoms with Gasteiger partial charge in [0, 0.05) is 47.9 Å². The number of carbonyl (C=O) groups excluding carboxylic acids is 2. The minimum absolute atomic E-state index is 0.00940. The van der Waals surface area contributed by atoms with Crippen molar-refractivity contribution in [1.29, 1.82) is 0 Å². The Morgan fingerprint density at radius 2 is 1.73 bits per heavy atom. The third-order valence-electron chi connectivity index (χ3n) is 7.26. The van der Waals surface area contributed by atoms with Crippen LogP contribution in [0.25, 0.3) is 0 Å². The second-order valence-corrected chi connectivity index (χ2v) is 11.9. The summed E-state index contributed by atoms with van der Waals surface area (Å²) in [6.45, 7) is 7.74. The lowest BCUT2D eigenvalue weighted by Crippen LogP contribution is -2.37. The lowest BCUT2D eigenvalue weighted by Gasteiger charge is -2.26. The topological polar surface area (TPSA) is 109 Å². The van der Waals surface area contributed by atoms with E-state index >= 15 is 0 Å². The van der Waals surface area contributed by atoms with Gasteiger partial charge in [-0.05, 0) is 94.3 Å². The minimum Gasteiger partial charge on any atom is -0.478 e. The van der Waals surface area contributed by atoms with Gasteiger partial charge in [0.2, 0.25) is 0 Å². The third-order valence-corrected chi connectivity index (χ3v) is 7.26. The molecule has 1 saturated heterocycles. The summed E-state index contributed by atoms with van der Waals surface area (Å²) in [5, 5.41) is 11.7. The molecule has 2 amide bonds. The molecule has 0 bridgehead atoms. The number of anilines is 1. The molecule has 2 heterocycles. The van der Waals surface area contributed by atoms with E-state index in [2.05, 4.69) is 22.1 Å². The molecule has 2 N–H and O–H groups in total. The summed E-state index contributed by atoms with van der Waals surface area (Å²) in [7, 11) is 0. The molecule has 0 spiro atoms. The number of aromatic nitrogens is 1. The molecule has 0 saturated carbocycles. The number of aromatic carboxylic acids is 1. The first-order chi connectivity index (χ1) is 21.1. The van der Waals surface area contributed by atoms with Gasteiger partial charge in [0.05, 0.1) is 11.1 Å². The van der Waals surface area contributed by atoms with Gasteiger partial charge in [0.1, 0.15) is 5.60 Å². The average Bonchev–Trinajstić information content (AvgIpc) is 3.22. The number of ether oxygens (including phenoxy) is 1. The second kappa shape index (κ2) is 13.4. The van der Waals surface area contributed by atoms with E-state index in [4.69, 9.17) is 9.84 Å². The summed E-state index contributed by atoms with van der Waals surface area (Å²) in [6.07, 6.45) is -1.18. The van der Waals surface area contributed by atoms with E-state index in [1.807, 2.05) is 0 Å². The van der Waals surface area contributed by atoms with E-state index in [0.29, 0.717) is 36.9 Å². The monoisotopic (exact) mass is 621 g/mol. The number of pyridine rings is 1. The number of likely N-dealkylation sites (tertiary alicyclic amines) is 1. The molecule has 2 aromatic carbocycles. The number of alkyl halides is 3. The zero-order chi connectivity index (χ0) is 32.9. The normalized spacial score (nSPS) is 15.4. The van der Waals surface area contributed by atoms with Crippen LogP contribution < -0.4 is 5.32 Å². The molecule has 0 aliphatic carbocycles. The summed E-state index contributed by atoms with van der Waals surface area (Å²) >= 11 is 0. The van der Waals surface area contributed by atoms with E-state index < -0.39 is 41.2 Å². The highest BCUT2D eigenvalue weighted by atomic mass is 19.4. The van der Waals surface area contributed by atoms with Gasteiger partial charge in [-0.2, -0.15) is 13.2 Å². The fourth-order valence-electron chi connectivity index (χ4n) is 5.02. The van der Waals surface area contributed by atoms with Gasteiger partial charge < -0.3 is 20.1 Å². The number of benzene rings is 2. The Morgan fingerprint density at radius 1 is 0.978 bits per heavy atom. The standard InChI is InChI=1S/C34H34F3N3O5/c1-21-7-9-25(17-24(21)10-8-22-16-26(31(42)43)20-38-19-22)30(41)39-27-11-12-28(29(18-27)34(35,36)37)23-6-5-14-40(15-13-23)32(44)45-33(2,3)4/h7,9,11-12,16-20,23H,5-6,13-15H2,1-4H3,(H,39,41)(H,42,43). The molecule has 45 heavy (non-hydrogen) atoms. The van der Waals surface area contributed by atoms with Gasteiger partial charge in [0.15, 0.2) is 0 Å². The molecule has 1 aromatic heterocycles. The number of aryl methyl sites for hydroxylation is 1. The molecule has 3 aromatic rings. The van der Waals surface area contributed by atoms with Crippen LogP contribution in [0.1, 0.15) is 94.5 Å². The molecule has 1 atom stereocenters. The summed E-state index contributed by atoms with van der Waals surface area (Å²) in [5.41, 5.74) is 0.392. The molecule has 8 nitrogen and oxygen atoms in total. The first-order valence-corrected chi connectivity index (χ1v) is 14.4. The molecule has 1 aliphatic rings. The van der Waals surface area contributed by atoms with Crippen LogP contribution in [0.4, 0.5) is 23.7 Å². The van der Waals surface area contributed by atoms with Gasteiger partial charge in [-0.3, -0.25) is 9.78 Å². The van der Waals surface area contributed by atoms with Gasteiger partial charge >= 0.3 is 18.2 Å². The Labute approximate surface area is 259 Å². The predicted octanol–water partition coefficient (Wildman–Crippen LogP) is 7.26. The van der Waals surface area contributed by atoms with Crippen molar-refractivity contribution in [3.8, 4) is 11.8 Å². The number of rotatable bonds is 4. The lowest BCUT2D eigenvalue weighted by molar-refractivity contribution is -0.138. The first kappa shape index (κ1) is 33.1. The molecule has 1 aliphatic heterocycles. The quantitative estimate of drug-likeness (QED) is 0.297. The molecule has 11 heteroatoms. The molecule has 1 fully saturated rings. The number of carboxylic acids is 1. The van der Waals surface area contributed by atoms with Crippen LogP contribution in [0.15, 0.2) is 54.9 Å². The molecular formula is C34H34F3N3O5. The number of halogens is 3. The highest BCUT2D eigenvalue weighted by molar-refractivity contribution is 6.04. The molecular weight excluding hydrogens is 587 g/mol. The van der Waals surface area contributed by atoms with Gasteiger partial charge in [0.25, 0.3) is 5.91 Å². The van der Waals surface area contributed by atoms with Gasteiger partial charge in [-0.25, -0.2) is 9.59 Å². The number of hydrogen-bond donors (Lipinski definition) is 2. The zero-order valence-electron chi connectivity index (χ0n) is 25.4.